The molecule has 0 spiro atoms. The number of carbonyl (C=O) groups excluding carboxylic acids is 3. The van der Waals surface area contributed by atoms with Crippen molar-refractivity contribution >= 4 is 29.0 Å². The van der Waals surface area contributed by atoms with Crippen LogP contribution in [0.5, 0.6) is 5.75 Å². The number of benzene rings is 2. The monoisotopic (exact) mass is 406 g/mol. The highest BCUT2D eigenvalue weighted by atomic mass is 16.5. The van der Waals surface area contributed by atoms with Crippen LogP contribution in [0.3, 0.4) is 0 Å². The molecular formula is C24H26N2O4. The number of hydrogen-bond acceptors (Lipinski definition) is 4. The van der Waals surface area contributed by atoms with Gasteiger partial charge in [-0.3, -0.25) is 14.4 Å². The molecule has 6 heteroatoms. The van der Waals surface area contributed by atoms with Gasteiger partial charge < -0.3 is 15.0 Å². The second kappa shape index (κ2) is 8.69. The molecule has 1 N–H and O–H groups in total. The quantitative estimate of drug-likeness (QED) is 0.708. The molecule has 1 saturated heterocycles. The van der Waals surface area contributed by atoms with Crippen LogP contribution in [0.2, 0.25) is 0 Å². The van der Waals surface area contributed by atoms with Gasteiger partial charge in [0.25, 0.3) is 0 Å². The van der Waals surface area contributed by atoms with Crippen LogP contribution >= 0.6 is 0 Å². The number of nitrogens with one attached hydrogen (secondary N) is 1. The number of methoxy groups -OCH3 is 1. The molecule has 0 atom stereocenters. The number of anilines is 2. The summed E-state index contributed by atoms with van der Waals surface area (Å²) in [7, 11) is 1.56. The van der Waals surface area contributed by atoms with E-state index in [2.05, 4.69) is 5.32 Å². The Kier molecular flexibility index (Phi) is 5.84. The van der Waals surface area contributed by atoms with Gasteiger partial charge in [0.05, 0.1) is 12.8 Å². The predicted molar refractivity (Wildman–Crippen MR) is 115 cm³/mol. The summed E-state index contributed by atoms with van der Waals surface area (Å²) in [5, 5.41) is 2.84. The largest absolute Gasteiger partial charge is 0.495 e. The van der Waals surface area contributed by atoms with Crippen molar-refractivity contribution in [1.29, 1.82) is 0 Å². The van der Waals surface area contributed by atoms with Gasteiger partial charge in [0.2, 0.25) is 11.8 Å². The molecule has 0 saturated carbocycles. The number of ether oxygens (including phenoxy) is 1. The maximum Gasteiger partial charge on any atom is 0.227 e. The van der Waals surface area contributed by atoms with Crippen LogP contribution in [-0.2, 0) is 22.4 Å². The first-order valence-corrected chi connectivity index (χ1v) is 10.5. The summed E-state index contributed by atoms with van der Waals surface area (Å²) in [6.07, 6.45) is 4.85. The number of nitrogens with zero attached hydrogens (tertiary/aromatic N) is 1. The Hall–Kier alpha value is -3.15. The van der Waals surface area contributed by atoms with Crippen molar-refractivity contribution in [3.63, 3.8) is 0 Å². The third-order valence-corrected chi connectivity index (χ3v) is 5.83. The second-order valence-electron chi connectivity index (χ2n) is 7.84. The highest BCUT2D eigenvalue weighted by Crippen LogP contribution is 2.34. The molecule has 1 aliphatic carbocycles. The van der Waals surface area contributed by atoms with Crippen molar-refractivity contribution in [3.05, 3.63) is 53.1 Å². The van der Waals surface area contributed by atoms with Crippen molar-refractivity contribution in [1.82, 2.24) is 0 Å². The lowest BCUT2D eigenvalue weighted by Gasteiger charge is -2.20. The van der Waals surface area contributed by atoms with Gasteiger partial charge >= 0.3 is 0 Å². The van der Waals surface area contributed by atoms with E-state index < -0.39 is 0 Å². The van der Waals surface area contributed by atoms with Crippen molar-refractivity contribution in [2.24, 2.45) is 0 Å². The third-order valence-electron chi connectivity index (χ3n) is 5.83. The normalized spacial score (nSPS) is 15.2. The van der Waals surface area contributed by atoms with Crippen LogP contribution in [0.4, 0.5) is 11.4 Å². The van der Waals surface area contributed by atoms with Crippen LogP contribution in [0, 0.1) is 0 Å². The molecule has 6 nitrogen and oxygen atoms in total. The molecular weight excluding hydrogens is 380 g/mol. The highest BCUT2D eigenvalue weighted by molar-refractivity contribution is 6.01. The molecule has 30 heavy (non-hydrogen) atoms. The van der Waals surface area contributed by atoms with Gasteiger partial charge in [-0.05, 0) is 61.1 Å². The van der Waals surface area contributed by atoms with Crippen molar-refractivity contribution in [3.8, 4) is 5.75 Å². The fourth-order valence-corrected chi connectivity index (χ4v) is 4.22. The second-order valence-corrected chi connectivity index (χ2v) is 7.84. The zero-order chi connectivity index (χ0) is 21.1. The molecule has 2 aromatic carbocycles. The number of carbonyl (C=O) groups is 3. The molecule has 1 heterocycles. The van der Waals surface area contributed by atoms with Crippen molar-refractivity contribution in [2.75, 3.05) is 23.9 Å². The summed E-state index contributed by atoms with van der Waals surface area (Å²) in [6, 6.07) is 11.1. The maximum absolute atomic E-state index is 12.5. The standard InChI is InChI=1S/C24H26N2O4/c1-30-22-11-9-19(15-20(22)26-13-3-6-24(26)29)25-23(28)12-10-21(27)18-8-7-16-4-2-5-17(16)14-18/h7-9,11,14-15H,2-6,10,12-13H2,1H3,(H,25,28). The SMILES string of the molecule is COc1ccc(NC(=O)CCC(=O)c2ccc3c(c2)CCC3)cc1N1CCCC1=O. The topological polar surface area (TPSA) is 75.7 Å². The zero-order valence-electron chi connectivity index (χ0n) is 17.2. The van der Waals surface area contributed by atoms with E-state index in [1.807, 2.05) is 18.2 Å². The van der Waals surface area contributed by atoms with Gasteiger partial charge in [0, 0.05) is 37.1 Å². The Balaban J connectivity index is 1.38. The average molecular weight is 406 g/mol. The summed E-state index contributed by atoms with van der Waals surface area (Å²) in [6.45, 7) is 0.641. The Morgan fingerprint density at radius 3 is 2.60 bits per heavy atom. The van der Waals surface area contributed by atoms with E-state index in [1.54, 1.807) is 30.2 Å². The lowest BCUT2D eigenvalue weighted by molar-refractivity contribution is -0.117. The molecule has 0 bridgehead atoms. The van der Waals surface area contributed by atoms with E-state index in [4.69, 9.17) is 4.74 Å². The third kappa shape index (κ3) is 4.22. The molecule has 1 fully saturated rings. The number of fused-ring (bicyclic) bond motifs is 1. The van der Waals surface area contributed by atoms with Crippen LogP contribution in [0.25, 0.3) is 0 Å². The maximum atomic E-state index is 12.5. The Morgan fingerprint density at radius 2 is 1.83 bits per heavy atom. The van der Waals surface area contributed by atoms with Crippen LogP contribution in [0.15, 0.2) is 36.4 Å². The van der Waals surface area contributed by atoms with Gasteiger partial charge in [0.15, 0.2) is 5.78 Å². The zero-order valence-corrected chi connectivity index (χ0v) is 17.2. The minimum Gasteiger partial charge on any atom is -0.495 e. The van der Waals surface area contributed by atoms with E-state index >= 15 is 0 Å². The molecule has 4 rings (SSSR count). The minimum absolute atomic E-state index is 0.0158. The van der Waals surface area contributed by atoms with E-state index in [1.165, 1.54) is 11.1 Å². The summed E-state index contributed by atoms with van der Waals surface area (Å²) >= 11 is 0. The number of hydrogen-bond donors (Lipinski definition) is 1. The molecule has 2 amide bonds. The molecule has 0 aromatic heterocycles. The highest BCUT2D eigenvalue weighted by Gasteiger charge is 2.25. The first-order chi connectivity index (χ1) is 14.5. The number of amides is 2. The molecule has 2 aliphatic rings. The molecule has 0 radical (unpaired) electrons. The van der Waals surface area contributed by atoms with Crippen LogP contribution < -0.4 is 15.0 Å². The van der Waals surface area contributed by atoms with Gasteiger partial charge in [-0.2, -0.15) is 0 Å². The van der Waals surface area contributed by atoms with Crippen molar-refractivity contribution in [2.45, 2.75) is 44.9 Å². The summed E-state index contributed by atoms with van der Waals surface area (Å²) in [5.41, 5.74) is 4.51. The molecule has 156 valence electrons. The molecule has 1 aliphatic heterocycles. The number of aryl methyl sites for hydroxylation is 2. The van der Waals surface area contributed by atoms with E-state index in [-0.39, 0.29) is 30.4 Å². The predicted octanol–water partition coefficient (Wildman–Crippen LogP) is 3.91. The Morgan fingerprint density at radius 1 is 1.00 bits per heavy atom. The van der Waals surface area contributed by atoms with E-state index in [9.17, 15) is 14.4 Å². The smallest absolute Gasteiger partial charge is 0.227 e. The lowest BCUT2D eigenvalue weighted by Crippen LogP contribution is -2.24. The molecule has 0 unspecified atom stereocenters. The van der Waals surface area contributed by atoms with Crippen molar-refractivity contribution < 1.29 is 19.1 Å². The van der Waals surface area contributed by atoms with Crippen LogP contribution in [0.1, 0.15) is 53.6 Å². The first-order valence-electron chi connectivity index (χ1n) is 10.5. The summed E-state index contributed by atoms with van der Waals surface area (Å²) in [5.74, 6) is 0.401. The first kappa shape index (κ1) is 20.1. The number of rotatable bonds is 7. The Bertz CT molecular complexity index is 999. The van der Waals surface area contributed by atoms with Crippen LogP contribution in [-0.4, -0.2) is 31.3 Å². The average Bonchev–Trinajstić information content (AvgIpc) is 3.40. The summed E-state index contributed by atoms with van der Waals surface area (Å²) < 4.78 is 5.37. The van der Waals surface area contributed by atoms with E-state index in [0.29, 0.717) is 35.7 Å². The minimum atomic E-state index is -0.228. The fourth-order valence-electron chi connectivity index (χ4n) is 4.22. The van der Waals surface area contributed by atoms with Gasteiger partial charge in [-0.15, -0.1) is 0 Å². The lowest BCUT2D eigenvalue weighted by atomic mass is 10.0. The van der Waals surface area contributed by atoms with Gasteiger partial charge in [-0.1, -0.05) is 12.1 Å². The number of Topliss-reactive ketones (excluding diaryl/α,β-unsaturated/α-hetero) is 1. The van der Waals surface area contributed by atoms with E-state index in [0.717, 1.165) is 25.7 Å². The van der Waals surface area contributed by atoms with Gasteiger partial charge in [0.1, 0.15) is 5.75 Å². The van der Waals surface area contributed by atoms with Gasteiger partial charge in [-0.25, -0.2) is 0 Å². The molecule has 2 aromatic rings. The fraction of sp³-hybridized carbons (Fsp3) is 0.375. The Labute approximate surface area is 176 Å². The number of ketones is 1. The summed E-state index contributed by atoms with van der Waals surface area (Å²) in [4.78, 5) is 38.7.